The number of esters is 1. The number of aromatic nitrogens is 6. The van der Waals surface area contributed by atoms with Crippen molar-refractivity contribution in [2.75, 3.05) is 43.1 Å². The molecule has 4 heterocycles. The Hall–Kier alpha value is -4.67. The lowest BCUT2D eigenvalue weighted by molar-refractivity contribution is -0.141. The molecule has 182 valence electrons. The molecule has 2 aromatic carbocycles. The Morgan fingerprint density at radius 3 is 2.53 bits per heavy atom. The molecule has 1 N–H and O–H groups in total. The van der Waals surface area contributed by atoms with E-state index in [1.54, 1.807) is 33.9 Å². The number of piperazine rings is 1. The molecule has 0 aliphatic carbocycles. The van der Waals surface area contributed by atoms with Gasteiger partial charge in [-0.3, -0.25) is 4.79 Å². The minimum absolute atomic E-state index is 0.00260. The average Bonchev–Trinajstić information content (AvgIpc) is 3.53. The summed E-state index contributed by atoms with van der Waals surface area (Å²) in [7, 11) is 1.36. The monoisotopic (exact) mass is 484 g/mol. The van der Waals surface area contributed by atoms with Gasteiger partial charge in [0.1, 0.15) is 12.3 Å². The molecule has 0 spiro atoms. The Kier molecular flexibility index (Phi) is 5.36. The van der Waals surface area contributed by atoms with Gasteiger partial charge in [0.25, 0.3) is 0 Å². The third-order valence-corrected chi connectivity index (χ3v) is 6.42. The molecule has 0 bridgehead atoms. The summed E-state index contributed by atoms with van der Waals surface area (Å²) in [5.41, 5.74) is 3.06. The lowest BCUT2D eigenvalue weighted by Crippen LogP contribution is -2.47. The number of phenolic OH excluding ortho intramolecular Hbond substituents is 1. The molecule has 36 heavy (non-hydrogen) atoms. The summed E-state index contributed by atoms with van der Waals surface area (Å²) in [5, 5.41) is 15.2. The number of fused-ring (bicyclic) bond motifs is 2. The summed E-state index contributed by atoms with van der Waals surface area (Å²) in [6.07, 6.45) is 3.38. The molecule has 1 aliphatic rings. The van der Waals surface area contributed by atoms with Crippen LogP contribution in [0.4, 0.5) is 11.6 Å². The minimum Gasteiger partial charge on any atom is -0.508 e. The highest BCUT2D eigenvalue weighted by molar-refractivity contribution is 5.86. The standard InChI is InChI=1S/C25H24N8O3/c1-36-21(35)15-32-16-26-22-23(32)28-25(29-24(22)33-20-5-3-2-4-17(20)14-27-33)31-12-10-30(11-13-31)18-6-8-19(34)9-7-18/h2-9,14,16,34H,10-13,15H2,1H3. The van der Waals surface area contributed by atoms with Crippen LogP contribution in [0.1, 0.15) is 0 Å². The van der Waals surface area contributed by atoms with Crippen molar-refractivity contribution in [3.8, 4) is 11.6 Å². The molecule has 0 amide bonds. The van der Waals surface area contributed by atoms with Crippen molar-refractivity contribution in [1.29, 1.82) is 0 Å². The topological polar surface area (TPSA) is 114 Å². The van der Waals surface area contributed by atoms with Gasteiger partial charge in [-0.25, -0.2) is 9.67 Å². The molecule has 0 unspecified atom stereocenters. The average molecular weight is 485 g/mol. The normalized spacial score (nSPS) is 14.0. The Balaban J connectivity index is 1.39. The van der Waals surface area contributed by atoms with E-state index in [9.17, 15) is 9.90 Å². The first kappa shape index (κ1) is 21.8. The van der Waals surface area contributed by atoms with Crippen LogP contribution in [-0.2, 0) is 16.1 Å². The van der Waals surface area contributed by atoms with Crippen LogP contribution in [0.3, 0.4) is 0 Å². The van der Waals surface area contributed by atoms with Gasteiger partial charge in [-0.2, -0.15) is 15.1 Å². The second-order valence-corrected chi connectivity index (χ2v) is 8.57. The van der Waals surface area contributed by atoms with E-state index >= 15 is 0 Å². The number of ether oxygens (including phenoxy) is 1. The van der Waals surface area contributed by atoms with Crippen molar-refractivity contribution in [1.82, 2.24) is 29.3 Å². The van der Waals surface area contributed by atoms with Crippen LogP contribution in [0.2, 0.25) is 0 Å². The number of carbonyl (C=O) groups is 1. The number of benzene rings is 2. The highest BCUT2D eigenvalue weighted by Crippen LogP contribution is 2.26. The van der Waals surface area contributed by atoms with Crippen molar-refractivity contribution in [3.63, 3.8) is 0 Å². The third kappa shape index (κ3) is 3.84. The molecule has 0 saturated carbocycles. The fourth-order valence-electron chi connectivity index (χ4n) is 4.50. The lowest BCUT2D eigenvalue weighted by atomic mass is 10.2. The van der Waals surface area contributed by atoms with Gasteiger partial charge in [0, 0.05) is 37.3 Å². The van der Waals surface area contributed by atoms with Gasteiger partial charge in [0.2, 0.25) is 5.95 Å². The predicted molar refractivity (Wildman–Crippen MR) is 134 cm³/mol. The van der Waals surface area contributed by atoms with Gasteiger partial charge in [-0.15, -0.1) is 0 Å². The quantitative estimate of drug-likeness (QED) is 0.376. The van der Waals surface area contributed by atoms with E-state index in [1.165, 1.54) is 7.11 Å². The zero-order valence-electron chi connectivity index (χ0n) is 19.7. The van der Waals surface area contributed by atoms with Crippen LogP contribution in [0.25, 0.3) is 27.9 Å². The SMILES string of the molecule is COC(=O)Cn1cnc2c(-n3ncc4ccccc43)nc(N3CCN(c4ccc(O)cc4)CC3)nc21. The number of nitrogens with zero attached hydrogens (tertiary/aromatic N) is 8. The van der Waals surface area contributed by atoms with Crippen LogP contribution < -0.4 is 9.80 Å². The molecule has 1 saturated heterocycles. The fraction of sp³-hybridized carbons (Fsp3) is 0.240. The molecular weight excluding hydrogens is 460 g/mol. The molecule has 0 atom stereocenters. The number of hydrogen-bond donors (Lipinski definition) is 1. The van der Waals surface area contributed by atoms with Crippen LogP contribution >= 0.6 is 0 Å². The maximum atomic E-state index is 12.0. The van der Waals surface area contributed by atoms with Gasteiger partial charge >= 0.3 is 5.97 Å². The summed E-state index contributed by atoms with van der Waals surface area (Å²) in [5.74, 6) is 0.972. The zero-order chi connectivity index (χ0) is 24.6. The maximum Gasteiger partial charge on any atom is 0.325 e. The Morgan fingerprint density at radius 1 is 1.00 bits per heavy atom. The number of rotatable bonds is 5. The molecular formula is C25H24N8O3. The summed E-state index contributed by atoms with van der Waals surface area (Å²) in [4.78, 5) is 30.7. The van der Waals surface area contributed by atoms with Crippen molar-refractivity contribution >= 4 is 39.7 Å². The van der Waals surface area contributed by atoms with Crippen LogP contribution in [0.5, 0.6) is 5.75 Å². The largest absolute Gasteiger partial charge is 0.508 e. The summed E-state index contributed by atoms with van der Waals surface area (Å²) < 4.78 is 8.30. The molecule has 3 aromatic heterocycles. The van der Waals surface area contributed by atoms with Crippen molar-refractivity contribution in [3.05, 3.63) is 61.1 Å². The number of hydrogen-bond acceptors (Lipinski definition) is 9. The van der Waals surface area contributed by atoms with Gasteiger partial charge in [0.05, 0.1) is 25.2 Å². The molecule has 1 aliphatic heterocycles. The van der Waals surface area contributed by atoms with E-state index in [0.717, 1.165) is 29.7 Å². The van der Waals surface area contributed by atoms with Crippen LogP contribution in [0, 0.1) is 0 Å². The fourth-order valence-corrected chi connectivity index (χ4v) is 4.50. The molecule has 5 aromatic rings. The van der Waals surface area contributed by atoms with Crippen molar-refractivity contribution in [2.45, 2.75) is 6.54 Å². The first-order chi connectivity index (χ1) is 17.6. The molecule has 11 heteroatoms. The Morgan fingerprint density at radius 2 is 1.75 bits per heavy atom. The number of methoxy groups -OCH3 is 1. The van der Waals surface area contributed by atoms with E-state index in [1.807, 2.05) is 36.4 Å². The smallest absolute Gasteiger partial charge is 0.325 e. The second kappa shape index (κ2) is 8.84. The van der Waals surface area contributed by atoms with Crippen LogP contribution in [0.15, 0.2) is 61.1 Å². The van der Waals surface area contributed by atoms with Crippen molar-refractivity contribution in [2.24, 2.45) is 0 Å². The number of carbonyl (C=O) groups excluding carboxylic acids is 1. The number of aromatic hydroxyl groups is 1. The van der Waals surface area contributed by atoms with E-state index in [0.29, 0.717) is 36.0 Å². The van der Waals surface area contributed by atoms with Gasteiger partial charge in [0.15, 0.2) is 17.0 Å². The van der Waals surface area contributed by atoms with Gasteiger partial charge in [-0.1, -0.05) is 18.2 Å². The van der Waals surface area contributed by atoms with Crippen LogP contribution in [-0.4, -0.2) is 73.7 Å². The highest BCUT2D eigenvalue weighted by atomic mass is 16.5. The minimum atomic E-state index is -0.386. The summed E-state index contributed by atoms with van der Waals surface area (Å²) in [6, 6.07) is 15.1. The zero-order valence-corrected chi connectivity index (χ0v) is 19.7. The summed E-state index contributed by atoms with van der Waals surface area (Å²) in [6.45, 7) is 2.95. The predicted octanol–water partition coefficient (Wildman–Crippen LogP) is 2.37. The highest BCUT2D eigenvalue weighted by Gasteiger charge is 2.24. The first-order valence-corrected chi connectivity index (χ1v) is 11.6. The van der Waals surface area contributed by atoms with E-state index in [2.05, 4.69) is 19.9 Å². The first-order valence-electron chi connectivity index (χ1n) is 11.6. The molecule has 0 radical (unpaired) electrons. The lowest BCUT2D eigenvalue weighted by Gasteiger charge is -2.36. The van der Waals surface area contributed by atoms with Gasteiger partial charge < -0.3 is 24.2 Å². The Labute approximate surface area is 206 Å². The third-order valence-electron chi connectivity index (χ3n) is 6.42. The molecule has 1 fully saturated rings. The maximum absolute atomic E-state index is 12.0. The number of para-hydroxylation sites is 1. The molecule has 11 nitrogen and oxygen atoms in total. The Bertz CT molecular complexity index is 1550. The van der Waals surface area contributed by atoms with Gasteiger partial charge in [-0.05, 0) is 30.3 Å². The molecule has 6 rings (SSSR count). The number of anilines is 2. The van der Waals surface area contributed by atoms with E-state index < -0.39 is 0 Å². The van der Waals surface area contributed by atoms with Crippen molar-refractivity contribution < 1.29 is 14.6 Å². The number of phenols is 1. The number of imidazole rings is 1. The second-order valence-electron chi connectivity index (χ2n) is 8.57. The van der Waals surface area contributed by atoms with E-state index in [4.69, 9.17) is 14.7 Å². The van der Waals surface area contributed by atoms with E-state index in [-0.39, 0.29) is 18.3 Å². The summed E-state index contributed by atoms with van der Waals surface area (Å²) >= 11 is 0.